The number of hydrogen-bond donors (Lipinski definition) is 5. The molecule has 6 N–H and O–H groups in total. The number of carboxylic acids is 1. The van der Waals surface area contributed by atoms with E-state index in [1.54, 1.807) is 6.08 Å². The minimum Gasteiger partial charge on any atom is -0.480 e. The predicted molar refractivity (Wildman–Crippen MR) is 115 cm³/mol. The van der Waals surface area contributed by atoms with E-state index in [4.69, 9.17) is 15.6 Å². The molecule has 0 aromatic rings. The largest absolute Gasteiger partial charge is 0.480 e. The van der Waals surface area contributed by atoms with Crippen molar-refractivity contribution in [2.75, 3.05) is 0 Å². The standard InChI is InChI=1S/C22H41NO7/c1-3-4-5-10-13-17(25)14-11-8-6-7-9-12-15-18(30-16(2)24)20(26)21(27)19(23)22(28)29/h12,15,17-21,25-27H,3-11,13-14,23H2,1-2H3,(H,28,29). The minimum absolute atomic E-state index is 0.212. The quantitative estimate of drug-likeness (QED) is 0.126. The highest BCUT2D eigenvalue weighted by molar-refractivity contribution is 5.74. The molecule has 30 heavy (non-hydrogen) atoms. The molecule has 0 bridgehead atoms. The molecule has 0 saturated carbocycles. The van der Waals surface area contributed by atoms with Crippen LogP contribution < -0.4 is 5.73 Å². The summed E-state index contributed by atoms with van der Waals surface area (Å²) < 4.78 is 4.97. The Morgan fingerprint density at radius 1 is 0.933 bits per heavy atom. The third-order valence-corrected chi connectivity index (χ3v) is 5.02. The number of ether oxygens (including phenoxy) is 1. The van der Waals surface area contributed by atoms with Gasteiger partial charge in [-0.15, -0.1) is 0 Å². The van der Waals surface area contributed by atoms with Crippen LogP contribution in [0.5, 0.6) is 0 Å². The van der Waals surface area contributed by atoms with Crippen molar-refractivity contribution in [3.63, 3.8) is 0 Å². The molecule has 0 saturated heterocycles. The molecule has 0 aromatic heterocycles. The average molecular weight is 432 g/mol. The van der Waals surface area contributed by atoms with Gasteiger partial charge in [0.15, 0.2) is 0 Å². The van der Waals surface area contributed by atoms with Crippen molar-refractivity contribution >= 4 is 11.9 Å². The molecule has 8 heteroatoms. The molecule has 5 atom stereocenters. The van der Waals surface area contributed by atoms with E-state index < -0.39 is 36.3 Å². The number of allylic oxidation sites excluding steroid dienone is 1. The van der Waals surface area contributed by atoms with Crippen molar-refractivity contribution in [1.82, 2.24) is 0 Å². The van der Waals surface area contributed by atoms with Crippen LogP contribution in [0.4, 0.5) is 0 Å². The Morgan fingerprint density at radius 3 is 2.03 bits per heavy atom. The first kappa shape index (κ1) is 28.5. The van der Waals surface area contributed by atoms with Crippen molar-refractivity contribution in [2.24, 2.45) is 5.73 Å². The first-order valence-corrected chi connectivity index (χ1v) is 11.1. The highest BCUT2D eigenvalue weighted by Crippen LogP contribution is 2.14. The number of carbonyl (C=O) groups is 2. The lowest BCUT2D eigenvalue weighted by Gasteiger charge is -2.26. The Bertz CT molecular complexity index is 498. The van der Waals surface area contributed by atoms with Gasteiger partial charge in [-0.05, 0) is 31.8 Å². The molecular formula is C22H41NO7. The Balaban J connectivity index is 4.17. The molecule has 0 spiro atoms. The van der Waals surface area contributed by atoms with Crippen LogP contribution in [0, 0.1) is 0 Å². The van der Waals surface area contributed by atoms with E-state index in [0.29, 0.717) is 6.42 Å². The van der Waals surface area contributed by atoms with Crippen molar-refractivity contribution < 1.29 is 34.8 Å². The lowest BCUT2D eigenvalue weighted by Crippen LogP contribution is -2.52. The number of carbonyl (C=O) groups excluding carboxylic acids is 1. The normalized spacial score (nSPS) is 16.7. The zero-order valence-corrected chi connectivity index (χ0v) is 18.4. The lowest BCUT2D eigenvalue weighted by atomic mass is 10.0. The van der Waals surface area contributed by atoms with E-state index in [2.05, 4.69) is 6.92 Å². The Morgan fingerprint density at radius 2 is 1.50 bits per heavy atom. The fourth-order valence-electron chi connectivity index (χ4n) is 3.14. The number of hydrogen-bond acceptors (Lipinski definition) is 7. The number of unbranched alkanes of at least 4 members (excludes halogenated alkanes) is 7. The van der Waals surface area contributed by atoms with E-state index in [1.807, 2.05) is 0 Å². The monoisotopic (exact) mass is 431 g/mol. The number of rotatable bonds is 18. The van der Waals surface area contributed by atoms with E-state index in [9.17, 15) is 24.9 Å². The topological polar surface area (TPSA) is 150 Å². The van der Waals surface area contributed by atoms with Gasteiger partial charge in [0, 0.05) is 6.92 Å². The van der Waals surface area contributed by atoms with Gasteiger partial charge in [-0.25, -0.2) is 0 Å². The highest BCUT2D eigenvalue weighted by atomic mass is 16.6. The molecule has 0 aliphatic carbocycles. The number of carboxylic acid groups (broad SMARTS) is 1. The fourth-order valence-corrected chi connectivity index (χ4v) is 3.14. The summed E-state index contributed by atoms with van der Waals surface area (Å²) in [5, 5.41) is 38.8. The SMILES string of the molecule is CCCCCCC(O)CCCCCCC=CC(OC(C)=O)C(O)C(O)C(N)C(=O)O. The van der Waals surface area contributed by atoms with Gasteiger partial charge in [-0.1, -0.05) is 57.9 Å². The van der Waals surface area contributed by atoms with Crippen LogP contribution in [-0.2, 0) is 14.3 Å². The summed E-state index contributed by atoms with van der Waals surface area (Å²) in [5.74, 6) is -2.12. The number of nitrogens with two attached hydrogens (primary N) is 1. The molecule has 0 amide bonds. The van der Waals surface area contributed by atoms with E-state index in [0.717, 1.165) is 51.9 Å². The van der Waals surface area contributed by atoms with E-state index in [1.165, 1.54) is 25.3 Å². The van der Waals surface area contributed by atoms with Crippen molar-refractivity contribution in [3.8, 4) is 0 Å². The summed E-state index contributed by atoms with van der Waals surface area (Å²) in [4.78, 5) is 22.1. The van der Waals surface area contributed by atoms with Crippen LogP contribution >= 0.6 is 0 Å². The summed E-state index contributed by atoms with van der Waals surface area (Å²) in [5.41, 5.74) is 5.32. The molecule has 0 rings (SSSR count). The van der Waals surface area contributed by atoms with Crippen molar-refractivity contribution in [1.29, 1.82) is 0 Å². The third-order valence-electron chi connectivity index (χ3n) is 5.02. The van der Waals surface area contributed by atoms with Crippen LogP contribution in [0.25, 0.3) is 0 Å². The van der Waals surface area contributed by atoms with Crippen LogP contribution in [0.3, 0.4) is 0 Å². The molecule has 0 fully saturated rings. The van der Waals surface area contributed by atoms with Gasteiger partial charge >= 0.3 is 11.9 Å². The number of esters is 1. The zero-order chi connectivity index (χ0) is 22.9. The molecule has 5 unspecified atom stereocenters. The van der Waals surface area contributed by atoms with Crippen molar-refractivity contribution in [2.45, 2.75) is 115 Å². The van der Waals surface area contributed by atoms with Gasteiger partial charge < -0.3 is 30.9 Å². The number of aliphatic hydroxyl groups excluding tert-OH is 3. The molecule has 0 aromatic carbocycles. The summed E-state index contributed by atoms with van der Waals surface area (Å²) >= 11 is 0. The molecule has 0 aliphatic heterocycles. The molecule has 0 aliphatic rings. The molecule has 176 valence electrons. The smallest absolute Gasteiger partial charge is 0.323 e. The van der Waals surface area contributed by atoms with Gasteiger partial charge in [0.05, 0.1) is 6.10 Å². The maximum Gasteiger partial charge on any atom is 0.323 e. The van der Waals surface area contributed by atoms with Crippen LogP contribution in [0.1, 0.15) is 84.5 Å². The van der Waals surface area contributed by atoms with Gasteiger partial charge in [0.1, 0.15) is 24.4 Å². The van der Waals surface area contributed by atoms with Crippen LogP contribution in [0.15, 0.2) is 12.2 Å². The molecule has 0 heterocycles. The van der Waals surface area contributed by atoms with E-state index in [-0.39, 0.29) is 6.10 Å². The molecular weight excluding hydrogens is 390 g/mol. The highest BCUT2D eigenvalue weighted by Gasteiger charge is 2.34. The Labute approximate surface area is 180 Å². The Kier molecular flexibility index (Phi) is 16.4. The molecule has 0 radical (unpaired) electrons. The van der Waals surface area contributed by atoms with Gasteiger partial charge in [0.2, 0.25) is 0 Å². The van der Waals surface area contributed by atoms with E-state index >= 15 is 0 Å². The van der Waals surface area contributed by atoms with Crippen LogP contribution in [-0.4, -0.2) is 62.8 Å². The summed E-state index contributed by atoms with van der Waals surface area (Å²) in [6, 6.07) is -1.69. The second-order valence-corrected chi connectivity index (χ2v) is 7.84. The second-order valence-electron chi connectivity index (χ2n) is 7.84. The number of aliphatic carboxylic acids is 1. The maximum atomic E-state index is 11.2. The first-order chi connectivity index (χ1) is 14.2. The Hall–Kier alpha value is -1.48. The molecule has 8 nitrogen and oxygen atoms in total. The third kappa shape index (κ3) is 13.7. The fraction of sp³-hybridized carbons (Fsp3) is 0.818. The van der Waals surface area contributed by atoms with Gasteiger partial charge in [-0.2, -0.15) is 0 Å². The van der Waals surface area contributed by atoms with Crippen molar-refractivity contribution in [3.05, 3.63) is 12.2 Å². The average Bonchev–Trinajstić information content (AvgIpc) is 2.70. The maximum absolute atomic E-state index is 11.2. The lowest BCUT2D eigenvalue weighted by molar-refractivity contribution is -0.156. The summed E-state index contributed by atoms with van der Waals surface area (Å²) in [6.45, 7) is 3.33. The van der Waals surface area contributed by atoms with Gasteiger partial charge in [0.25, 0.3) is 0 Å². The van der Waals surface area contributed by atoms with Gasteiger partial charge in [-0.3, -0.25) is 9.59 Å². The summed E-state index contributed by atoms with van der Waals surface area (Å²) in [7, 11) is 0. The zero-order valence-electron chi connectivity index (χ0n) is 18.4. The first-order valence-electron chi connectivity index (χ1n) is 11.1. The van der Waals surface area contributed by atoms with Crippen LogP contribution in [0.2, 0.25) is 0 Å². The second kappa shape index (κ2) is 17.2. The minimum atomic E-state index is -1.77. The summed E-state index contributed by atoms with van der Waals surface area (Å²) in [6.07, 6.45) is 9.32. The predicted octanol–water partition coefficient (Wildman–Crippen LogP) is 2.28. The number of aliphatic hydroxyl groups is 3.